The maximum Gasteiger partial charge on any atom is 0.446 e. The van der Waals surface area contributed by atoms with E-state index in [1.165, 1.54) is 12.1 Å². The van der Waals surface area contributed by atoms with Crippen LogP contribution < -0.4 is 5.32 Å². The summed E-state index contributed by atoms with van der Waals surface area (Å²) in [5, 5.41) is 6.20. The molecule has 1 aromatic carbocycles. The number of thioether (sulfide) groups is 1. The van der Waals surface area contributed by atoms with Gasteiger partial charge >= 0.3 is 5.51 Å². The second kappa shape index (κ2) is 6.60. The van der Waals surface area contributed by atoms with Gasteiger partial charge in [0.15, 0.2) is 0 Å². The summed E-state index contributed by atoms with van der Waals surface area (Å²) in [7, 11) is 0. The van der Waals surface area contributed by atoms with Crippen molar-refractivity contribution < 1.29 is 13.2 Å². The van der Waals surface area contributed by atoms with Crippen LogP contribution in [0.5, 0.6) is 0 Å². The lowest BCUT2D eigenvalue weighted by Gasteiger charge is -2.11. The van der Waals surface area contributed by atoms with Crippen LogP contribution in [0.4, 0.5) is 13.2 Å². The molecule has 2 nitrogen and oxygen atoms in total. The predicted molar refractivity (Wildman–Crippen MR) is 75.7 cm³/mol. The zero-order valence-corrected chi connectivity index (χ0v) is 12.3. The van der Waals surface area contributed by atoms with Gasteiger partial charge in [0, 0.05) is 23.0 Å². The summed E-state index contributed by atoms with van der Waals surface area (Å²) in [4.78, 5) is 4.41. The van der Waals surface area contributed by atoms with Gasteiger partial charge in [-0.2, -0.15) is 13.2 Å². The highest BCUT2D eigenvalue weighted by molar-refractivity contribution is 8.00. The van der Waals surface area contributed by atoms with Crippen molar-refractivity contribution in [2.45, 2.75) is 29.9 Å². The van der Waals surface area contributed by atoms with E-state index in [1.807, 2.05) is 12.3 Å². The SMILES string of the molecule is CC(NCc1ccc(SC(F)(F)F)cc1)c1nccs1. The quantitative estimate of drug-likeness (QED) is 0.815. The van der Waals surface area contributed by atoms with Crippen molar-refractivity contribution in [3.8, 4) is 0 Å². The Balaban J connectivity index is 1.88. The van der Waals surface area contributed by atoms with Crippen molar-refractivity contribution >= 4 is 23.1 Å². The van der Waals surface area contributed by atoms with E-state index >= 15 is 0 Å². The molecule has 0 saturated carbocycles. The number of halogens is 3. The Bertz CT molecular complexity index is 524. The molecular formula is C13H13F3N2S2. The van der Waals surface area contributed by atoms with E-state index in [1.54, 1.807) is 29.7 Å². The molecule has 1 unspecified atom stereocenters. The minimum atomic E-state index is -4.24. The van der Waals surface area contributed by atoms with Gasteiger partial charge < -0.3 is 5.32 Å². The van der Waals surface area contributed by atoms with E-state index in [2.05, 4.69) is 10.3 Å². The summed E-state index contributed by atoms with van der Waals surface area (Å²) in [6, 6.07) is 6.51. The summed E-state index contributed by atoms with van der Waals surface area (Å²) < 4.78 is 36.6. The molecular weight excluding hydrogens is 305 g/mol. The van der Waals surface area contributed by atoms with Crippen LogP contribution in [0.25, 0.3) is 0 Å². The first-order valence-corrected chi connectivity index (χ1v) is 7.61. The van der Waals surface area contributed by atoms with Gasteiger partial charge in [-0.05, 0) is 36.4 Å². The summed E-state index contributed by atoms with van der Waals surface area (Å²) in [6.07, 6.45) is 1.75. The van der Waals surface area contributed by atoms with Crippen molar-refractivity contribution in [3.05, 3.63) is 46.4 Å². The Morgan fingerprint density at radius 2 is 2.00 bits per heavy atom. The van der Waals surface area contributed by atoms with Gasteiger partial charge in [0.25, 0.3) is 0 Å². The molecule has 0 radical (unpaired) electrons. The Morgan fingerprint density at radius 1 is 1.30 bits per heavy atom. The van der Waals surface area contributed by atoms with E-state index < -0.39 is 5.51 Å². The fourth-order valence-corrected chi connectivity index (χ4v) is 2.83. The van der Waals surface area contributed by atoms with Crippen LogP contribution in [0.2, 0.25) is 0 Å². The van der Waals surface area contributed by atoms with Crippen LogP contribution in [0.1, 0.15) is 23.5 Å². The minimum Gasteiger partial charge on any atom is -0.304 e. The summed E-state index contributed by atoms with van der Waals surface area (Å²) in [5.41, 5.74) is -3.29. The van der Waals surface area contributed by atoms with Crippen LogP contribution in [-0.2, 0) is 6.54 Å². The van der Waals surface area contributed by atoms with E-state index in [0.29, 0.717) is 6.54 Å². The molecule has 0 aliphatic rings. The second-order valence-electron chi connectivity index (χ2n) is 4.16. The lowest BCUT2D eigenvalue weighted by atomic mass is 10.2. The van der Waals surface area contributed by atoms with Crippen LogP contribution in [0, 0.1) is 0 Å². The molecule has 1 heterocycles. The lowest BCUT2D eigenvalue weighted by Crippen LogP contribution is -2.17. The Morgan fingerprint density at radius 3 is 2.55 bits per heavy atom. The van der Waals surface area contributed by atoms with Crippen molar-refractivity contribution in [3.63, 3.8) is 0 Å². The number of hydrogen-bond donors (Lipinski definition) is 1. The first-order valence-electron chi connectivity index (χ1n) is 5.91. The van der Waals surface area contributed by atoms with Gasteiger partial charge in [-0.25, -0.2) is 4.98 Å². The van der Waals surface area contributed by atoms with Crippen molar-refractivity contribution in [2.75, 3.05) is 0 Å². The Labute approximate surface area is 123 Å². The third-order valence-corrected chi connectivity index (χ3v) is 4.29. The minimum absolute atomic E-state index is 0.0969. The molecule has 2 rings (SSSR count). The molecule has 2 aromatic rings. The molecule has 0 spiro atoms. The average molecular weight is 318 g/mol. The number of hydrogen-bond acceptors (Lipinski definition) is 4. The van der Waals surface area contributed by atoms with Crippen LogP contribution >= 0.6 is 23.1 Å². The van der Waals surface area contributed by atoms with Crippen LogP contribution in [0.15, 0.2) is 40.7 Å². The monoisotopic (exact) mass is 318 g/mol. The average Bonchev–Trinajstić information content (AvgIpc) is 2.89. The van der Waals surface area contributed by atoms with Crippen molar-refractivity contribution in [1.29, 1.82) is 0 Å². The molecule has 1 aromatic heterocycles. The van der Waals surface area contributed by atoms with Crippen LogP contribution in [0.3, 0.4) is 0 Å². The van der Waals surface area contributed by atoms with Crippen LogP contribution in [-0.4, -0.2) is 10.5 Å². The third-order valence-electron chi connectivity index (χ3n) is 2.59. The molecule has 0 amide bonds. The highest BCUT2D eigenvalue weighted by Crippen LogP contribution is 2.36. The molecule has 1 N–H and O–H groups in total. The molecule has 108 valence electrons. The Kier molecular flexibility index (Phi) is 5.06. The normalized spacial score (nSPS) is 13.4. The van der Waals surface area contributed by atoms with E-state index in [0.717, 1.165) is 10.6 Å². The number of thiazole rings is 1. The third kappa shape index (κ3) is 4.81. The molecule has 0 aliphatic carbocycles. The fraction of sp³-hybridized carbons (Fsp3) is 0.308. The van der Waals surface area contributed by atoms with Gasteiger partial charge in [-0.15, -0.1) is 11.3 Å². The summed E-state index contributed by atoms with van der Waals surface area (Å²) >= 11 is 1.48. The van der Waals surface area contributed by atoms with Crippen molar-refractivity contribution in [2.24, 2.45) is 0 Å². The van der Waals surface area contributed by atoms with Gasteiger partial charge in [0.05, 0.1) is 6.04 Å². The molecule has 0 aliphatic heterocycles. The smallest absolute Gasteiger partial charge is 0.304 e. The molecule has 1 atom stereocenters. The van der Waals surface area contributed by atoms with Gasteiger partial charge in [0.1, 0.15) is 5.01 Å². The highest BCUT2D eigenvalue weighted by Gasteiger charge is 2.28. The number of rotatable bonds is 5. The van der Waals surface area contributed by atoms with Crippen molar-refractivity contribution in [1.82, 2.24) is 10.3 Å². The Hall–Kier alpha value is -1.05. The fourth-order valence-electron chi connectivity index (χ4n) is 1.62. The van der Waals surface area contributed by atoms with Gasteiger partial charge in [0.2, 0.25) is 0 Å². The predicted octanol–water partition coefficient (Wildman–Crippen LogP) is 4.61. The number of alkyl halides is 3. The zero-order chi connectivity index (χ0) is 14.6. The first-order chi connectivity index (χ1) is 9.44. The molecule has 20 heavy (non-hydrogen) atoms. The zero-order valence-electron chi connectivity index (χ0n) is 10.6. The number of aromatic nitrogens is 1. The largest absolute Gasteiger partial charge is 0.446 e. The topological polar surface area (TPSA) is 24.9 Å². The summed E-state index contributed by atoms with van der Waals surface area (Å²) in [6.45, 7) is 2.60. The molecule has 7 heteroatoms. The standard InChI is InChI=1S/C13H13F3N2S2/c1-9(12-17-6-7-19-12)18-8-10-2-4-11(5-3-10)20-13(14,15)16/h2-7,9,18H,8H2,1H3. The second-order valence-corrected chi connectivity index (χ2v) is 6.23. The summed E-state index contributed by atoms with van der Waals surface area (Å²) in [5.74, 6) is 0. The molecule has 0 fully saturated rings. The van der Waals surface area contributed by atoms with Gasteiger partial charge in [-0.3, -0.25) is 0 Å². The number of benzene rings is 1. The maximum atomic E-state index is 12.2. The molecule has 0 bridgehead atoms. The first kappa shape index (κ1) is 15.3. The number of nitrogens with zero attached hydrogens (tertiary/aromatic N) is 1. The van der Waals surface area contributed by atoms with Gasteiger partial charge in [-0.1, -0.05) is 12.1 Å². The highest BCUT2D eigenvalue weighted by atomic mass is 32.2. The van der Waals surface area contributed by atoms with E-state index in [9.17, 15) is 13.2 Å². The van der Waals surface area contributed by atoms with E-state index in [-0.39, 0.29) is 22.7 Å². The lowest BCUT2D eigenvalue weighted by molar-refractivity contribution is -0.0328. The molecule has 0 saturated heterocycles. The van der Waals surface area contributed by atoms with E-state index in [4.69, 9.17) is 0 Å². The number of nitrogens with one attached hydrogen (secondary N) is 1. The maximum absolute atomic E-state index is 12.2.